The van der Waals surface area contributed by atoms with Crippen LogP contribution in [0.3, 0.4) is 0 Å². The number of likely N-dealkylation sites (N-methyl/N-ethyl adjacent to an activating group) is 1. The maximum absolute atomic E-state index is 12.5. The molecule has 0 radical (unpaired) electrons. The van der Waals surface area contributed by atoms with Gasteiger partial charge in [-0.2, -0.15) is 0 Å². The number of nitrogens with one attached hydrogen (secondary N) is 3. The van der Waals surface area contributed by atoms with Crippen LogP contribution in [-0.4, -0.2) is 38.6 Å². The minimum Gasteiger partial charge on any atom is -0.495 e. The van der Waals surface area contributed by atoms with E-state index in [9.17, 15) is 9.59 Å². The predicted octanol–water partition coefficient (Wildman–Crippen LogP) is 1.83. The predicted molar refractivity (Wildman–Crippen MR) is 103 cm³/mol. The Morgan fingerprint density at radius 3 is 2.35 bits per heavy atom. The van der Waals surface area contributed by atoms with E-state index in [0.29, 0.717) is 22.1 Å². The lowest BCUT2D eigenvalue weighted by Crippen LogP contribution is -3.14. The highest BCUT2D eigenvalue weighted by atomic mass is 35.5. The summed E-state index contributed by atoms with van der Waals surface area (Å²) in [7, 11) is 3.34. The van der Waals surface area contributed by atoms with E-state index in [4.69, 9.17) is 16.3 Å². The molecule has 2 atom stereocenters. The molecule has 2 aromatic carbocycles. The van der Waals surface area contributed by atoms with Crippen molar-refractivity contribution < 1.29 is 19.2 Å². The summed E-state index contributed by atoms with van der Waals surface area (Å²) >= 11 is 6.04. The van der Waals surface area contributed by atoms with Crippen LogP contribution in [0, 0.1) is 0 Å². The van der Waals surface area contributed by atoms with Gasteiger partial charge >= 0.3 is 0 Å². The number of ether oxygens (including phenoxy) is 1. The summed E-state index contributed by atoms with van der Waals surface area (Å²) in [6.07, 6.45) is 0. The fraction of sp³-hybridized carbons (Fsp3) is 0.263. The topological polar surface area (TPSA) is 71.9 Å². The average Bonchev–Trinajstić information content (AvgIpc) is 2.63. The standard InChI is InChI=1S/C19H22ClN3O3/c1-13(19(25)22-16-10-6-7-11-17(16)26-3)23(2)12-18(24)21-15-9-5-4-8-14(15)20/h4-11,13H,12H2,1-3H3,(H,21,24)(H,22,25)/p+1/t13-/m0/s1. The van der Waals surface area contributed by atoms with Crippen LogP contribution in [0.4, 0.5) is 11.4 Å². The molecule has 0 aromatic heterocycles. The zero-order chi connectivity index (χ0) is 19.1. The fourth-order valence-electron chi connectivity index (χ4n) is 2.38. The zero-order valence-electron chi connectivity index (χ0n) is 15.0. The molecule has 138 valence electrons. The minimum absolute atomic E-state index is 0.131. The average molecular weight is 377 g/mol. The van der Waals surface area contributed by atoms with Crippen LogP contribution in [-0.2, 0) is 9.59 Å². The Morgan fingerprint density at radius 1 is 1.08 bits per heavy atom. The molecule has 0 heterocycles. The van der Waals surface area contributed by atoms with Crippen LogP contribution in [0.5, 0.6) is 5.75 Å². The van der Waals surface area contributed by atoms with E-state index >= 15 is 0 Å². The quantitative estimate of drug-likeness (QED) is 0.690. The first-order chi connectivity index (χ1) is 12.4. The number of halogens is 1. The summed E-state index contributed by atoms with van der Waals surface area (Å²) in [6.45, 7) is 1.90. The number of para-hydroxylation sites is 3. The van der Waals surface area contributed by atoms with E-state index in [1.807, 2.05) is 12.1 Å². The number of hydrogen-bond acceptors (Lipinski definition) is 3. The van der Waals surface area contributed by atoms with Crippen molar-refractivity contribution in [1.82, 2.24) is 0 Å². The van der Waals surface area contributed by atoms with Crippen molar-refractivity contribution in [3.05, 3.63) is 53.6 Å². The molecule has 3 N–H and O–H groups in total. The molecule has 0 bridgehead atoms. The molecule has 2 amide bonds. The van der Waals surface area contributed by atoms with Gasteiger partial charge in [-0.15, -0.1) is 0 Å². The highest BCUT2D eigenvalue weighted by molar-refractivity contribution is 6.33. The van der Waals surface area contributed by atoms with Gasteiger partial charge in [-0.1, -0.05) is 35.9 Å². The largest absolute Gasteiger partial charge is 0.495 e. The van der Waals surface area contributed by atoms with E-state index in [-0.39, 0.29) is 18.4 Å². The lowest BCUT2D eigenvalue weighted by molar-refractivity contribution is -0.885. The maximum Gasteiger partial charge on any atom is 0.282 e. The summed E-state index contributed by atoms with van der Waals surface area (Å²) in [5.41, 5.74) is 1.15. The first-order valence-corrected chi connectivity index (χ1v) is 8.60. The molecule has 7 heteroatoms. The van der Waals surface area contributed by atoms with Gasteiger partial charge in [0.05, 0.1) is 30.6 Å². The number of quaternary nitrogens is 1. The first kappa shape index (κ1) is 19.8. The van der Waals surface area contributed by atoms with Crippen LogP contribution >= 0.6 is 11.6 Å². The van der Waals surface area contributed by atoms with E-state index in [2.05, 4.69) is 10.6 Å². The second kappa shape index (κ2) is 9.22. The molecule has 0 saturated heterocycles. The summed E-state index contributed by atoms with van der Waals surface area (Å²) in [4.78, 5) is 25.4. The van der Waals surface area contributed by atoms with Crippen molar-refractivity contribution in [1.29, 1.82) is 0 Å². The Labute approximate surface area is 158 Å². The van der Waals surface area contributed by atoms with Gasteiger partial charge in [0.25, 0.3) is 11.8 Å². The molecule has 26 heavy (non-hydrogen) atoms. The smallest absolute Gasteiger partial charge is 0.282 e. The third kappa shape index (κ3) is 5.21. The maximum atomic E-state index is 12.5. The summed E-state index contributed by atoms with van der Waals surface area (Å²) in [5.74, 6) is 0.173. The third-order valence-corrected chi connectivity index (χ3v) is 4.41. The number of carbonyl (C=O) groups is 2. The summed E-state index contributed by atoms with van der Waals surface area (Å²) in [6, 6.07) is 13.8. The van der Waals surface area contributed by atoms with Crippen LogP contribution < -0.4 is 20.3 Å². The Bertz CT molecular complexity index is 782. The number of amides is 2. The molecule has 0 aliphatic heterocycles. The van der Waals surface area contributed by atoms with Crippen LogP contribution in [0.1, 0.15) is 6.92 Å². The fourth-order valence-corrected chi connectivity index (χ4v) is 2.56. The van der Waals surface area contributed by atoms with Crippen LogP contribution in [0.2, 0.25) is 5.02 Å². The Kier molecular flexibility index (Phi) is 7.00. The summed E-state index contributed by atoms with van der Waals surface area (Å²) < 4.78 is 5.23. The molecular weight excluding hydrogens is 354 g/mol. The Balaban J connectivity index is 1.93. The van der Waals surface area contributed by atoms with Crippen LogP contribution in [0.15, 0.2) is 48.5 Å². The van der Waals surface area contributed by atoms with Gasteiger partial charge in [-0.25, -0.2) is 0 Å². The second-order valence-corrected chi connectivity index (χ2v) is 6.37. The number of anilines is 2. The van der Waals surface area contributed by atoms with E-state index in [1.54, 1.807) is 57.5 Å². The molecule has 0 spiro atoms. The zero-order valence-corrected chi connectivity index (χ0v) is 15.8. The molecular formula is C19H23ClN3O3+. The van der Waals surface area contributed by atoms with Crippen molar-refractivity contribution in [2.24, 2.45) is 0 Å². The lowest BCUT2D eigenvalue weighted by atomic mass is 10.2. The highest BCUT2D eigenvalue weighted by Crippen LogP contribution is 2.23. The van der Waals surface area contributed by atoms with Crippen LogP contribution in [0.25, 0.3) is 0 Å². The minimum atomic E-state index is -0.433. The van der Waals surface area contributed by atoms with E-state index < -0.39 is 6.04 Å². The van der Waals surface area contributed by atoms with Gasteiger partial charge in [-0.3, -0.25) is 9.59 Å². The molecule has 2 aromatic rings. The van der Waals surface area contributed by atoms with Crippen molar-refractivity contribution in [2.45, 2.75) is 13.0 Å². The Hall–Kier alpha value is -2.57. The normalized spacial score (nSPS) is 12.8. The van der Waals surface area contributed by atoms with Gasteiger partial charge in [0.1, 0.15) is 5.75 Å². The molecule has 6 nitrogen and oxygen atoms in total. The van der Waals surface area contributed by atoms with Crippen molar-refractivity contribution in [2.75, 3.05) is 31.3 Å². The molecule has 1 unspecified atom stereocenters. The molecule has 0 aliphatic carbocycles. The van der Waals surface area contributed by atoms with Gasteiger partial charge in [0.15, 0.2) is 12.6 Å². The van der Waals surface area contributed by atoms with E-state index in [1.165, 1.54) is 0 Å². The molecule has 2 rings (SSSR count). The molecule has 0 saturated carbocycles. The second-order valence-electron chi connectivity index (χ2n) is 5.96. The van der Waals surface area contributed by atoms with Gasteiger partial charge in [-0.05, 0) is 31.2 Å². The third-order valence-electron chi connectivity index (χ3n) is 4.08. The van der Waals surface area contributed by atoms with Gasteiger partial charge < -0.3 is 20.3 Å². The summed E-state index contributed by atoms with van der Waals surface area (Å²) in [5, 5.41) is 6.07. The Morgan fingerprint density at radius 2 is 1.69 bits per heavy atom. The number of rotatable bonds is 7. The lowest BCUT2D eigenvalue weighted by Gasteiger charge is -2.21. The number of carbonyl (C=O) groups excluding carboxylic acids is 2. The van der Waals surface area contributed by atoms with Crippen molar-refractivity contribution >= 4 is 34.8 Å². The van der Waals surface area contributed by atoms with Crippen molar-refractivity contribution in [3.63, 3.8) is 0 Å². The highest BCUT2D eigenvalue weighted by Gasteiger charge is 2.24. The number of hydrogen-bond donors (Lipinski definition) is 3. The molecule has 0 fully saturated rings. The van der Waals surface area contributed by atoms with Gasteiger partial charge in [0.2, 0.25) is 0 Å². The number of methoxy groups -OCH3 is 1. The van der Waals surface area contributed by atoms with E-state index in [0.717, 1.165) is 4.90 Å². The SMILES string of the molecule is COc1ccccc1NC(=O)[C@H](C)[NH+](C)CC(=O)Nc1ccccc1Cl. The first-order valence-electron chi connectivity index (χ1n) is 8.23. The van der Waals surface area contributed by atoms with Crippen molar-refractivity contribution in [3.8, 4) is 5.75 Å². The molecule has 0 aliphatic rings. The van der Waals surface area contributed by atoms with Gasteiger partial charge in [0, 0.05) is 0 Å². The number of benzene rings is 2. The monoisotopic (exact) mass is 376 g/mol.